The molecule has 0 amide bonds. The smallest absolute Gasteiger partial charge is 0.475 e. The van der Waals surface area contributed by atoms with Crippen molar-refractivity contribution in [1.82, 2.24) is 15.1 Å². The van der Waals surface area contributed by atoms with E-state index in [0.717, 1.165) is 38.4 Å². The third-order valence-electron chi connectivity index (χ3n) is 4.69. The molecular formula is C17H20F3N3O4S. The van der Waals surface area contributed by atoms with Gasteiger partial charge in [-0.25, -0.2) is 4.79 Å². The van der Waals surface area contributed by atoms with Gasteiger partial charge >= 0.3 is 12.1 Å². The molecule has 0 aromatic carbocycles. The van der Waals surface area contributed by atoms with E-state index in [1.807, 2.05) is 18.3 Å². The molecule has 1 N–H and O–H groups in total. The number of carbonyl (C=O) groups is 1. The molecule has 154 valence electrons. The highest BCUT2D eigenvalue weighted by molar-refractivity contribution is 7.09. The lowest BCUT2D eigenvalue weighted by Gasteiger charge is -2.39. The summed E-state index contributed by atoms with van der Waals surface area (Å²) in [5, 5.41) is 17.5. The zero-order valence-electron chi connectivity index (χ0n) is 15.1. The summed E-state index contributed by atoms with van der Waals surface area (Å²) in [5.41, 5.74) is 0. The fourth-order valence-corrected chi connectivity index (χ4v) is 4.22. The minimum atomic E-state index is -5.08. The Balaban J connectivity index is 0.000000279. The number of carboxylic acid groups (broad SMARTS) is 1. The lowest BCUT2D eigenvalue weighted by atomic mass is 9.90. The Hall–Kier alpha value is -1.98. The summed E-state index contributed by atoms with van der Waals surface area (Å²) in [6.45, 7) is 4.68. The van der Waals surface area contributed by atoms with Crippen LogP contribution in [0.25, 0.3) is 0 Å². The summed E-state index contributed by atoms with van der Waals surface area (Å²) in [6, 6.07) is 4.86. The first-order valence-electron chi connectivity index (χ1n) is 8.72. The number of rotatable bonds is 3. The molecule has 0 radical (unpaired) electrons. The molecule has 0 spiro atoms. The predicted octanol–water partition coefficient (Wildman–Crippen LogP) is 3.22. The second-order valence-electron chi connectivity index (χ2n) is 6.67. The lowest BCUT2D eigenvalue weighted by Crippen LogP contribution is -2.48. The maximum Gasteiger partial charge on any atom is 0.490 e. The van der Waals surface area contributed by atoms with Crippen LogP contribution in [0.2, 0.25) is 0 Å². The first-order chi connectivity index (χ1) is 13.2. The third-order valence-corrected chi connectivity index (χ3v) is 5.55. The van der Waals surface area contributed by atoms with Gasteiger partial charge in [0.05, 0.1) is 12.0 Å². The van der Waals surface area contributed by atoms with Crippen LogP contribution in [0, 0.1) is 6.92 Å². The highest BCUT2D eigenvalue weighted by atomic mass is 32.1. The average Bonchev–Trinajstić information content (AvgIpc) is 3.35. The minimum absolute atomic E-state index is 0.283. The maximum atomic E-state index is 10.6. The van der Waals surface area contributed by atoms with Crippen molar-refractivity contribution in [2.45, 2.75) is 50.6 Å². The predicted molar refractivity (Wildman–Crippen MR) is 93.0 cm³/mol. The number of aliphatic carboxylic acids is 1. The van der Waals surface area contributed by atoms with Crippen molar-refractivity contribution in [1.29, 1.82) is 0 Å². The number of piperidine rings is 1. The van der Waals surface area contributed by atoms with E-state index in [4.69, 9.17) is 19.1 Å². The van der Waals surface area contributed by atoms with Crippen LogP contribution >= 0.6 is 11.3 Å². The molecule has 7 nitrogen and oxygen atoms in total. The van der Waals surface area contributed by atoms with Gasteiger partial charge in [-0.3, -0.25) is 4.90 Å². The van der Waals surface area contributed by atoms with E-state index in [9.17, 15) is 13.2 Å². The number of ether oxygens (including phenoxy) is 1. The molecule has 2 aliphatic heterocycles. The molecule has 0 aliphatic carbocycles. The van der Waals surface area contributed by atoms with Crippen LogP contribution in [0.3, 0.4) is 0 Å². The third kappa shape index (κ3) is 5.09. The average molecular weight is 419 g/mol. The molecule has 2 aliphatic rings. The molecular weight excluding hydrogens is 399 g/mol. The van der Waals surface area contributed by atoms with Crippen molar-refractivity contribution in [3.05, 3.63) is 34.2 Å². The SMILES string of the molecule is Cc1nnc([C@@H]2C[C@H]3OCC[C@H]3N(Cc3cccs3)C2)o1.O=C(O)C(F)(F)F. The summed E-state index contributed by atoms with van der Waals surface area (Å²) < 4.78 is 43.3. The van der Waals surface area contributed by atoms with Gasteiger partial charge in [0.25, 0.3) is 0 Å². The van der Waals surface area contributed by atoms with Crippen molar-refractivity contribution in [3.63, 3.8) is 0 Å². The fraction of sp³-hybridized carbons (Fsp3) is 0.588. The van der Waals surface area contributed by atoms with Gasteiger partial charge in [0.2, 0.25) is 11.8 Å². The number of likely N-dealkylation sites (tertiary alicyclic amines) is 1. The molecule has 2 aromatic rings. The standard InChI is InChI=1S/C15H19N3O2S.C2HF3O2/c1-10-16-17-15(20-10)11-7-14-13(4-5-19-14)18(8-11)9-12-3-2-6-21-12;3-2(4,5)1(6)7/h2-3,6,11,13-14H,4-5,7-9H2,1H3;(H,6,7)/t11-,13-,14-;/m1./s1. The number of aryl methyl sites for hydroxylation is 1. The van der Waals surface area contributed by atoms with Crippen LogP contribution in [0.5, 0.6) is 0 Å². The van der Waals surface area contributed by atoms with Crippen molar-refractivity contribution in [3.8, 4) is 0 Å². The summed E-state index contributed by atoms with van der Waals surface area (Å²) in [5.74, 6) is -1.07. The van der Waals surface area contributed by atoms with Gasteiger partial charge in [0, 0.05) is 37.5 Å². The van der Waals surface area contributed by atoms with Gasteiger partial charge in [-0.15, -0.1) is 21.5 Å². The molecule has 0 unspecified atom stereocenters. The molecule has 28 heavy (non-hydrogen) atoms. The van der Waals surface area contributed by atoms with Crippen LogP contribution in [0.15, 0.2) is 21.9 Å². The van der Waals surface area contributed by atoms with Gasteiger partial charge in [0.1, 0.15) is 0 Å². The van der Waals surface area contributed by atoms with E-state index in [-0.39, 0.29) is 5.92 Å². The number of hydrogen-bond acceptors (Lipinski definition) is 7. The molecule has 4 heterocycles. The number of halogens is 3. The van der Waals surface area contributed by atoms with E-state index in [1.54, 1.807) is 0 Å². The Morgan fingerprint density at radius 3 is 2.75 bits per heavy atom. The monoisotopic (exact) mass is 419 g/mol. The number of carboxylic acids is 1. The zero-order valence-corrected chi connectivity index (χ0v) is 15.9. The van der Waals surface area contributed by atoms with Crippen LogP contribution in [-0.2, 0) is 16.1 Å². The molecule has 11 heteroatoms. The van der Waals surface area contributed by atoms with E-state index in [0.29, 0.717) is 18.0 Å². The lowest BCUT2D eigenvalue weighted by molar-refractivity contribution is -0.192. The molecule has 2 fully saturated rings. The number of fused-ring (bicyclic) bond motifs is 1. The molecule has 0 saturated carbocycles. The van der Waals surface area contributed by atoms with Gasteiger partial charge in [-0.2, -0.15) is 13.2 Å². The van der Waals surface area contributed by atoms with Crippen LogP contribution in [0.4, 0.5) is 13.2 Å². The Bertz CT molecular complexity index is 781. The van der Waals surface area contributed by atoms with E-state index in [2.05, 4.69) is 32.6 Å². The number of thiophene rings is 1. The summed E-state index contributed by atoms with van der Waals surface area (Å²) in [4.78, 5) is 12.8. The molecule has 0 bridgehead atoms. The highest BCUT2D eigenvalue weighted by Gasteiger charge is 2.42. The van der Waals surface area contributed by atoms with Gasteiger partial charge < -0.3 is 14.3 Å². The quantitative estimate of drug-likeness (QED) is 0.817. The van der Waals surface area contributed by atoms with Crippen molar-refractivity contribution < 1.29 is 32.2 Å². The highest BCUT2D eigenvalue weighted by Crippen LogP contribution is 2.36. The zero-order chi connectivity index (χ0) is 20.3. The Morgan fingerprint density at radius 1 is 1.43 bits per heavy atom. The van der Waals surface area contributed by atoms with Gasteiger partial charge in [-0.1, -0.05) is 6.07 Å². The Morgan fingerprint density at radius 2 is 2.18 bits per heavy atom. The maximum absolute atomic E-state index is 10.6. The fourth-order valence-electron chi connectivity index (χ4n) is 3.49. The normalized spacial score (nSPS) is 25.1. The van der Waals surface area contributed by atoms with Crippen molar-refractivity contribution >= 4 is 17.3 Å². The van der Waals surface area contributed by atoms with Crippen molar-refractivity contribution in [2.75, 3.05) is 13.2 Å². The van der Waals surface area contributed by atoms with Gasteiger partial charge in [-0.05, 0) is 24.3 Å². The number of hydrogen-bond donors (Lipinski definition) is 1. The van der Waals surface area contributed by atoms with Crippen molar-refractivity contribution in [2.24, 2.45) is 0 Å². The van der Waals surface area contributed by atoms with Crippen LogP contribution in [0.1, 0.15) is 35.4 Å². The topological polar surface area (TPSA) is 88.7 Å². The second-order valence-corrected chi connectivity index (χ2v) is 7.70. The van der Waals surface area contributed by atoms with Crippen LogP contribution in [-0.4, -0.2) is 57.6 Å². The molecule has 3 atom stereocenters. The second kappa shape index (κ2) is 8.58. The number of nitrogens with zero attached hydrogens (tertiary/aromatic N) is 3. The molecule has 4 rings (SSSR count). The molecule has 2 saturated heterocycles. The first-order valence-corrected chi connectivity index (χ1v) is 9.60. The van der Waals surface area contributed by atoms with E-state index >= 15 is 0 Å². The summed E-state index contributed by atoms with van der Waals surface area (Å²) >= 11 is 1.82. The summed E-state index contributed by atoms with van der Waals surface area (Å²) in [7, 11) is 0. The van der Waals surface area contributed by atoms with E-state index in [1.165, 1.54) is 4.88 Å². The Kier molecular flexibility index (Phi) is 6.36. The minimum Gasteiger partial charge on any atom is -0.475 e. The Labute approximate surface area is 163 Å². The molecule has 2 aromatic heterocycles. The number of aromatic nitrogens is 2. The number of alkyl halides is 3. The van der Waals surface area contributed by atoms with Gasteiger partial charge in [0.15, 0.2) is 0 Å². The van der Waals surface area contributed by atoms with E-state index < -0.39 is 12.1 Å². The first kappa shape index (κ1) is 20.7. The summed E-state index contributed by atoms with van der Waals surface area (Å²) in [6.07, 6.45) is -2.66. The largest absolute Gasteiger partial charge is 0.490 e. The van der Waals surface area contributed by atoms with Crippen LogP contribution < -0.4 is 0 Å².